The smallest absolute Gasteiger partial charge is 0.326 e. The van der Waals surface area contributed by atoms with E-state index in [0.717, 1.165) is 16.7 Å². The summed E-state index contributed by atoms with van der Waals surface area (Å²) in [5, 5.41) is 22.5. The van der Waals surface area contributed by atoms with Crippen molar-refractivity contribution in [2.24, 2.45) is 0 Å². The molecule has 1 aromatic rings. The Bertz CT molecular complexity index is 601. The van der Waals surface area contributed by atoms with E-state index in [1.165, 1.54) is 6.92 Å². The van der Waals surface area contributed by atoms with Gasteiger partial charge in [-0.25, -0.2) is 4.79 Å². The van der Waals surface area contributed by atoms with Crippen LogP contribution in [0.2, 0.25) is 0 Å². The molecule has 1 aromatic carbocycles. The number of nitrogens with one attached hydrogen (secondary N) is 1. The van der Waals surface area contributed by atoms with Gasteiger partial charge in [0.25, 0.3) is 0 Å². The first-order valence-corrected chi connectivity index (χ1v) is 8.10. The third kappa shape index (κ3) is 4.98. The van der Waals surface area contributed by atoms with Crippen molar-refractivity contribution >= 4 is 11.9 Å². The maximum atomic E-state index is 11.4. The normalized spacial score (nSPS) is 13.5. The number of phenolic OH excluding ortho intramolecular Hbond substituents is 1. The van der Waals surface area contributed by atoms with Gasteiger partial charge in [-0.05, 0) is 27.5 Å². The highest BCUT2D eigenvalue weighted by Gasteiger charge is 2.28. The predicted octanol–water partition coefficient (Wildman–Crippen LogP) is 3.12. The van der Waals surface area contributed by atoms with Gasteiger partial charge < -0.3 is 15.5 Å². The second kappa shape index (κ2) is 6.83. The number of phenols is 1. The Hall–Kier alpha value is -2.04. The summed E-state index contributed by atoms with van der Waals surface area (Å²) in [7, 11) is 0. The average Bonchev–Trinajstić information content (AvgIpc) is 2.36. The minimum absolute atomic E-state index is 0.168. The van der Waals surface area contributed by atoms with E-state index in [9.17, 15) is 19.8 Å². The zero-order chi connectivity index (χ0) is 18.9. The van der Waals surface area contributed by atoms with Gasteiger partial charge in [-0.3, -0.25) is 4.79 Å². The number of aliphatic carboxylic acids is 1. The van der Waals surface area contributed by atoms with E-state index in [2.05, 4.69) is 5.32 Å². The summed E-state index contributed by atoms with van der Waals surface area (Å²) in [5.74, 6) is -1.20. The molecule has 0 heterocycles. The van der Waals surface area contributed by atoms with Crippen LogP contribution in [0, 0.1) is 0 Å². The van der Waals surface area contributed by atoms with Crippen LogP contribution < -0.4 is 5.32 Å². The van der Waals surface area contributed by atoms with Crippen LogP contribution in [0.4, 0.5) is 0 Å². The molecule has 0 fully saturated rings. The van der Waals surface area contributed by atoms with Gasteiger partial charge in [0.1, 0.15) is 11.8 Å². The van der Waals surface area contributed by atoms with Crippen molar-refractivity contribution in [3.63, 3.8) is 0 Å². The van der Waals surface area contributed by atoms with Crippen LogP contribution in [0.3, 0.4) is 0 Å². The minimum atomic E-state index is -1.08. The molecular formula is C19H29NO4. The highest BCUT2D eigenvalue weighted by Crippen LogP contribution is 2.39. The molecule has 134 valence electrons. The first kappa shape index (κ1) is 20.0. The van der Waals surface area contributed by atoms with E-state index >= 15 is 0 Å². The van der Waals surface area contributed by atoms with Crippen molar-refractivity contribution in [2.45, 2.75) is 71.8 Å². The topological polar surface area (TPSA) is 86.6 Å². The zero-order valence-electron chi connectivity index (χ0n) is 15.7. The number of benzene rings is 1. The van der Waals surface area contributed by atoms with E-state index in [-0.39, 0.29) is 28.9 Å². The van der Waals surface area contributed by atoms with Gasteiger partial charge in [-0.15, -0.1) is 0 Å². The van der Waals surface area contributed by atoms with Gasteiger partial charge in [0, 0.05) is 13.3 Å². The highest BCUT2D eigenvalue weighted by atomic mass is 16.4. The minimum Gasteiger partial charge on any atom is -0.507 e. The molecule has 24 heavy (non-hydrogen) atoms. The van der Waals surface area contributed by atoms with Crippen LogP contribution >= 0.6 is 0 Å². The second-order valence-corrected chi connectivity index (χ2v) is 8.34. The van der Waals surface area contributed by atoms with Crippen LogP contribution in [0.5, 0.6) is 5.75 Å². The number of amides is 1. The van der Waals surface area contributed by atoms with Crippen molar-refractivity contribution < 1.29 is 19.8 Å². The monoisotopic (exact) mass is 335 g/mol. The SMILES string of the molecule is CC(=O)N[C@@H](Cc1cc(C(C)(C)C)c(O)c(C(C)(C)C)c1)C(=O)O. The molecule has 1 atom stereocenters. The molecule has 0 radical (unpaired) electrons. The van der Waals surface area contributed by atoms with Gasteiger partial charge in [0.05, 0.1) is 0 Å². The lowest BCUT2D eigenvalue weighted by molar-refractivity contribution is -0.141. The Balaban J connectivity index is 3.43. The molecule has 5 heteroatoms. The van der Waals surface area contributed by atoms with Crippen molar-refractivity contribution in [1.29, 1.82) is 0 Å². The molecule has 0 unspecified atom stereocenters. The summed E-state index contributed by atoms with van der Waals surface area (Å²) in [5.41, 5.74) is 1.76. The fourth-order valence-corrected chi connectivity index (χ4v) is 2.64. The first-order chi connectivity index (χ1) is 10.7. The van der Waals surface area contributed by atoms with Crippen molar-refractivity contribution in [3.05, 3.63) is 28.8 Å². The number of carboxylic acids is 1. The predicted molar refractivity (Wildman–Crippen MR) is 94.5 cm³/mol. The van der Waals surface area contributed by atoms with Crippen LogP contribution in [-0.4, -0.2) is 28.1 Å². The van der Waals surface area contributed by atoms with Crippen LogP contribution in [0.25, 0.3) is 0 Å². The lowest BCUT2D eigenvalue weighted by Crippen LogP contribution is -2.41. The van der Waals surface area contributed by atoms with Gasteiger partial charge in [-0.2, -0.15) is 0 Å². The maximum Gasteiger partial charge on any atom is 0.326 e. The molecule has 5 nitrogen and oxygen atoms in total. The molecule has 0 aromatic heterocycles. The van der Waals surface area contributed by atoms with Gasteiger partial charge in [-0.1, -0.05) is 53.7 Å². The zero-order valence-corrected chi connectivity index (χ0v) is 15.7. The Labute approximate surface area is 144 Å². The first-order valence-electron chi connectivity index (χ1n) is 8.10. The van der Waals surface area contributed by atoms with Crippen LogP contribution in [0.1, 0.15) is 65.2 Å². The molecule has 1 rings (SSSR count). The van der Waals surface area contributed by atoms with Crippen molar-refractivity contribution in [3.8, 4) is 5.75 Å². The number of carbonyl (C=O) groups excluding carboxylic acids is 1. The van der Waals surface area contributed by atoms with Crippen molar-refractivity contribution in [2.75, 3.05) is 0 Å². The molecule has 0 spiro atoms. The van der Waals surface area contributed by atoms with Gasteiger partial charge in [0.2, 0.25) is 5.91 Å². The largest absolute Gasteiger partial charge is 0.507 e. The quantitative estimate of drug-likeness (QED) is 0.789. The lowest BCUT2D eigenvalue weighted by atomic mass is 9.78. The van der Waals surface area contributed by atoms with Gasteiger partial charge in [0.15, 0.2) is 0 Å². The average molecular weight is 335 g/mol. The number of rotatable bonds is 4. The van der Waals surface area contributed by atoms with E-state index in [1.54, 1.807) is 0 Å². The number of carbonyl (C=O) groups is 2. The fourth-order valence-electron chi connectivity index (χ4n) is 2.64. The van der Waals surface area contributed by atoms with Crippen molar-refractivity contribution in [1.82, 2.24) is 5.32 Å². The van der Waals surface area contributed by atoms with E-state index in [0.29, 0.717) is 0 Å². The molecule has 0 aliphatic rings. The summed E-state index contributed by atoms with van der Waals surface area (Å²) in [4.78, 5) is 22.6. The summed E-state index contributed by atoms with van der Waals surface area (Å²) >= 11 is 0. The third-order valence-electron chi connectivity index (χ3n) is 3.90. The van der Waals surface area contributed by atoms with E-state index in [1.807, 2.05) is 53.7 Å². The number of hydrogen-bond acceptors (Lipinski definition) is 3. The molecule has 1 amide bonds. The Morgan fingerprint density at radius 3 is 1.75 bits per heavy atom. The van der Waals surface area contributed by atoms with E-state index < -0.39 is 12.0 Å². The molecular weight excluding hydrogens is 306 g/mol. The summed E-state index contributed by atoms with van der Waals surface area (Å²) in [6, 6.07) is 2.68. The molecule has 3 N–H and O–H groups in total. The van der Waals surface area contributed by atoms with Crippen LogP contribution in [0.15, 0.2) is 12.1 Å². The molecule has 0 saturated heterocycles. The Morgan fingerprint density at radius 1 is 1.04 bits per heavy atom. The lowest BCUT2D eigenvalue weighted by Gasteiger charge is -2.28. The summed E-state index contributed by atoms with van der Waals surface area (Å²) in [6.07, 6.45) is 0.168. The fraction of sp³-hybridized carbons (Fsp3) is 0.579. The van der Waals surface area contributed by atoms with E-state index in [4.69, 9.17) is 0 Å². The van der Waals surface area contributed by atoms with Crippen LogP contribution in [-0.2, 0) is 26.8 Å². The van der Waals surface area contributed by atoms with Gasteiger partial charge >= 0.3 is 5.97 Å². The third-order valence-corrected chi connectivity index (χ3v) is 3.90. The summed E-state index contributed by atoms with van der Waals surface area (Å²) < 4.78 is 0. The number of hydrogen-bond donors (Lipinski definition) is 3. The Morgan fingerprint density at radius 2 is 1.46 bits per heavy atom. The standard InChI is InChI=1S/C19H29NO4/c1-11(21)20-15(17(23)24)10-12-8-13(18(2,3)4)16(22)14(9-12)19(5,6)7/h8-9,15,22H,10H2,1-7H3,(H,20,21)(H,23,24)/t15-/m0/s1. The highest BCUT2D eigenvalue weighted by molar-refractivity contribution is 5.82. The maximum absolute atomic E-state index is 11.4. The number of aromatic hydroxyl groups is 1. The molecule has 0 saturated carbocycles. The Kier molecular flexibility index (Phi) is 5.70. The molecule has 0 bridgehead atoms. The molecule has 0 aliphatic heterocycles. The number of carboxylic acid groups (broad SMARTS) is 1. The summed E-state index contributed by atoms with van der Waals surface area (Å²) in [6.45, 7) is 13.3. The second-order valence-electron chi connectivity index (χ2n) is 8.34. The molecule has 0 aliphatic carbocycles.